The Bertz CT molecular complexity index is 76.9. The minimum absolute atomic E-state index is 0.0324. The Morgan fingerprint density at radius 1 is 2.00 bits per heavy atom. The highest BCUT2D eigenvalue weighted by Gasteiger charge is 1.80. The van der Waals surface area contributed by atoms with E-state index < -0.39 is 0 Å². The second-order valence-electron chi connectivity index (χ2n) is 0.787. The van der Waals surface area contributed by atoms with Crippen LogP contribution >= 0.6 is 0 Å². The molecule has 0 saturated heterocycles. The molecule has 0 aliphatic heterocycles. The minimum Gasteiger partial charge on any atom is -0.411 e. The fourth-order valence-corrected chi connectivity index (χ4v) is 0.0204. The van der Waals surface area contributed by atoms with Crippen molar-refractivity contribution in [3.05, 3.63) is 0 Å². The number of hydrogen-bond donors (Lipinski definition) is 1. The van der Waals surface area contributed by atoms with E-state index in [2.05, 4.69) is 5.16 Å². The van der Waals surface area contributed by atoms with Gasteiger partial charge in [-0.25, -0.2) is 0 Å². The van der Waals surface area contributed by atoms with Gasteiger partial charge in [-0.15, -0.1) is 0 Å². The fraction of sp³-hybridized carbons (Fsp3) is 0.333. The minimum atomic E-state index is -0.0324. The van der Waals surface area contributed by atoms with Gasteiger partial charge in [-0.05, 0) is 6.92 Å². The standard InChI is InChI=1S/C3H4NO2/c1-3(2-5)4-6/h6H,1H3/b4-3+. The van der Waals surface area contributed by atoms with Crippen molar-refractivity contribution >= 4 is 12.0 Å². The van der Waals surface area contributed by atoms with Crippen LogP contribution in [-0.4, -0.2) is 17.2 Å². The van der Waals surface area contributed by atoms with Gasteiger partial charge < -0.3 is 5.21 Å². The van der Waals surface area contributed by atoms with E-state index in [-0.39, 0.29) is 5.71 Å². The SMILES string of the molecule is C/C([C]=O)=N\O. The third kappa shape index (κ3) is 1.46. The lowest BCUT2D eigenvalue weighted by Gasteiger charge is -1.70. The summed E-state index contributed by atoms with van der Waals surface area (Å²) in [4.78, 5) is 9.32. The van der Waals surface area contributed by atoms with Crippen molar-refractivity contribution in [3.8, 4) is 0 Å². The molecule has 3 heteroatoms. The smallest absolute Gasteiger partial charge is 0.252 e. The Hall–Kier alpha value is -0.860. The van der Waals surface area contributed by atoms with Crippen LogP contribution in [0.2, 0.25) is 0 Å². The number of rotatable bonds is 1. The molecule has 0 aliphatic rings. The average Bonchev–Trinajstić information content (AvgIpc) is 1.65. The Labute approximate surface area is 35.3 Å². The molecule has 0 amide bonds. The summed E-state index contributed by atoms with van der Waals surface area (Å²) in [5, 5.41) is 10.2. The quantitative estimate of drug-likeness (QED) is 0.276. The van der Waals surface area contributed by atoms with E-state index in [1.165, 1.54) is 13.2 Å². The highest BCUT2D eigenvalue weighted by atomic mass is 16.4. The monoisotopic (exact) mass is 86.0 g/mol. The predicted octanol–water partition coefficient (Wildman–Crippen LogP) is -0.0538. The molecule has 0 fully saturated rings. The van der Waals surface area contributed by atoms with E-state index in [4.69, 9.17) is 5.21 Å². The molecule has 0 rings (SSSR count). The van der Waals surface area contributed by atoms with Crippen molar-refractivity contribution in [2.75, 3.05) is 0 Å². The maximum atomic E-state index is 9.32. The summed E-state index contributed by atoms with van der Waals surface area (Å²) in [7, 11) is 0. The fourth-order valence-electron chi connectivity index (χ4n) is 0.0204. The molecule has 0 atom stereocenters. The lowest BCUT2D eigenvalue weighted by atomic mass is 10.5. The second kappa shape index (κ2) is 2.38. The van der Waals surface area contributed by atoms with Crippen LogP contribution in [0.25, 0.3) is 0 Å². The highest BCUT2D eigenvalue weighted by Crippen LogP contribution is 1.60. The van der Waals surface area contributed by atoms with Crippen LogP contribution in [0.3, 0.4) is 0 Å². The van der Waals surface area contributed by atoms with Gasteiger partial charge in [0.05, 0.1) is 0 Å². The predicted molar refractivity (Wildman–Crippen MR) is 20.6 cm³/mol. The highest BCUT2D eigenvalue weighted by molar-refractivity contribution is 6.27. The Balaban J connectivity index is 3.50. The van der Waals surface area contributed by atoms with Crippen molar-refractivity contribution in [2.45, 2.75) is 6.92 Å². The summed E-state index contributed by atoms with van der Waals surface area (Å²) in [5.74, 6) is 0. The van der Waals surface area contributed by atoms with Gasteiger partial charge >= 0.3 is 0 Å². The molecule has 1 N–H and O–H groups in total. The summed E-state index contributed by atoms with van der Waals surface area (Å²) >= 11 is 0. The van der Waals surface area contributed by atoms with E-state index in [1.54, 1.807) is 0 Å². The van der Waals surface area contributed by atoms with Gasteiger partial charge in [0, 0.05) is 0 Å². The summed E-state index contributed by atoms with van der Waals surface area (Å²) in [6, 6.07) is 0. The molecule has 3 nitrogen and oxygen atoms in total. The summed E-state index contributed by atoms with van der Waals surface area (Å²) < 4.78 is 0. The van der Waals surface area contributed by atoms with E-state index in [9.17, 15) is 4.79 Å². The third-order valence-electron chi connectivity index (χ3n) is 0.298. The van der Waals surface area contributed by atoms with Crippen molar-refractivity contribution in [1.82, 2.24) is 0 Å². The summed E-state index contributed by atoms with van der Waals surface area (Å²) in [6.45, 7) is 1.35. The molecule has 0 heterocycles. The van der Waals surface area contributed by atoms with Crippen LogP contribution < -0.4 is 0 Å². The number of nitrogens with zero attached hydrogens (tertiary/aromatic N) is 1. The van der Waals surface area contributed by atoms with Gasteiger partial charge in [0.25, 0.3) is 6.29 Å². The zero-order valence-corrected chi connectivity index (χ0v) is 3.30. The Kier molecular flexibility index (Phi) is 2.04. The van der Waals surface area contributed by atoms with E-state index >= 15 is 0 Å². The molecule has 0 aromatic heterocycles. The summed E-state index contributed by atoms with van der Waals surface area (Å²) in [6.07, 6.45) is 1.36. The topological polar surface area (TPSA) is 49.7 Å². The van der Waals surface area contributed by atoms with Crippen LogP contribution in [0.1, 0.15) is 6.92 Å². The lowest BCUT2D eigenvalue weighted by molar-refractivity contribution is 0.319. The van der Waals surface area contributed by atoms with Gasteiger partial charge in [-0.1, -0.05) is 5.16 Å². The van der Waals surface area contributed by atoms with Crippen molar-refractivity contribution in [3.63, 3.8) is 0 Å². The molecular weight excluding hydrogens is 82.0 g/mol. The first-order valence-corrected chi connectivity index (χ1v) is 1.38. The number of carbonyl (C=O) groups excluding carboxylic acids is 1. The van der Waals surface area contributed by atoms with E-state index in [0.717, 1.165) is 0 Å². The van der Waals surface area contributed by atoms with Crippen molar-refractivity contribution < 1.29 is 10.0 Å². The van der Waals surface area contributed by atoms with Gasteiger partial charge in [0.15, 0.2) is 0 Å². The zero-order valence-electron chi connectivity index (χ0n) is 3.30. The van der Waals surface area contributed by atoms with E-state index in [0.29, 0.717) is 0 Å². The van der Waals surface area contributed by atoms with Crippen molar-refractivity contribution in [2.24, 2.45) is 5.16 Å². The molecule has 0 aliphatic carbocycles. The lowest BCUT2D eigenvalue weighted by Crippen LogP contribution is -1.88. The largest absolute Gasteiger partial charge is 0.411 e. The molecule has 0 bridgehead atoms. The molecular formula is C3H4NO2. The normalized spacial score (nSPS) is 11.2. The Morgan fingerprint density at radius 2 is 2.50 bits per heavy atom. The Morgan fingerprint density at radius 3 is 2.50 bits per heavy atom. The molecule has 0 aromatic rings. The molecule has 1 radical (unpaired) electrons. The number of hydrogen-bond acceptors (Lipinski definition) is 3. The van der Waals surface area contributed by atoms with Crippen LogP contribution in [0.5, 0.6) is 0 Å². The third-order valence-corrected chi connectivity index (χ3v) is 0.298. The van der Waals surface area contributed by atoms with Crippen LogP contribution in [0.4, 0.5) is 0 Å². The van der Waals surface area contributed by atoms with Gasteiger partial charge in [-0.3, -0.25) is 4.79 Å². The van der Waals surface area contributed by atoms with Crippen LogP contribution in [0, 0.1) is 0 Å². The van der Waals surface area contributed by atoms with Crippen LogP contribution in [-0.2, 0) is 4.79 Å². The van der Waals surface area contributed by atoms with Crippen LogP contribution in [0.15, 0.2) is 5.16 Å². The first kappa shape index (κ1) is 5.14. The van der Waals surface area contributed by atoms with E-state index in [1.807, 2.05) is 0 Å². The zero-order chi connectivity index (χ0) is 4.99. The van der Waals surface area contributed by atoms with Crippen molar-refractivity contribution in [1.29, 1.82) is 0 Å². The first-order chi connectivity index (χ1) is 2.81. The molecule has 0 saturated carbocycles. The molecule has 0 unspecified atom stereocenters. The van der Waals surface area contributed by atoms with Gasteiger partial charge in [0.1, 0.15) is 5.71 Å². The molecule has 33 valence electrons. The summed E-state index contributed by atoms with van der Waals surface area (Å²) in [5.41, 5.74) is -0.0324. The van der Waals surface area contributed by atoms with Gasteiger partial charge in [0.2, 0.25) is 0 Å². The second-order valence-corrected chi connectivity index (χ2v) is 0.787. The maximum absolute atomic E-state index is 9.32. The molecule has 0 spiro atoms. The maximum Gasteiger partial charge on any atom is 0.252 e. The average molecular weight is 86.1 g/mol. The molecule has 0 aromatic carbocycles. The van der Waals surface area contributed by atoms with Gasteiger partial charge in [-0.2, -0.15) is 0 Å². The first-order valence-electron chi connectivity index (χ1n) is 1.38. The number of oxime groups is 1. The molecule has 6 heavy (non-hydrogen) atoms.